The quantitative estimate of drug-likeness (QED) is 0.367. The van der Waals surface area contributed by atoms with Crippen molar-refractivity contribution in [1.82, 2.24) is 0 Å². The second-order valence-corrected chi connectivity index (χ2v) is 1.57. The average Bonchev–Trinajstić information content (AvgIpc) is 1.84. The Labute approximate surface area is 102 Å². The van der Waals surface area contributed by atoms with Crippen molar-refractivity contribution in [2.75, 3.05) is 0 Å². The number of rotatable bonds is 3. The summed E-state index contributed by atoms with van der Waals surface area (Å²) in [6, 6.07) is 0. The van der Waals surface area contributed by atoms with Crippen LogP contribution in [0.4, 0.5) is 0 Å². The van der Waals surface area contributed by atoms with Gasteiger partial charge in [0.25, 0.3) is 0 Å². The molecule has 0 heterocycles. The molecule has 6 nitrogen and oxygen atoms in total. The van der Waals surface area contributed by atoms with Crippen molar-refractivity contribution in [3.05, 3.63) is 0 Å². The van der Waals surface area contributed by atoms with E-state index in [1.54, 1.807) is 0 Å². The Morgan fingerprint density at radius 1 is 0.846 bits per heavy atom. The van der Waals surface area contributed by atoms with Crippen LogP contribution in [-0.4, -0.2) is 67.6 Å². The molecule has 4 N–H and O–H groups in total. The first-order valence-corrected chi connectivity index (χ1v) is 2.28. The molecule has 74 valence electrons. The minimum absolute atomic E-state index is 0. The zero-order valence-electron chi connectivity index (χ0n) is 6.22. The van der Waals surface area contributed by atoms with E-state index in [0.29, 0.717) is 0 Å². The third-order valence-electron chi connectivity index (χ3n) is 0.805. The number of aliphatic carboxylic acids is 2. The van der Waals surface area contributed by atoms with Gasteiger partial charge >= 0.3 is 35.0 Å². The fraction of sp³-hybridized carbons (Fsp3) is 0.500. The van der Waals surface area contributed by atoms with Gasteiger partial charge in [0.2, 0.25) is 0 Å². The summed E-state index contributed by atoms with van der Waals surface area (Å²) in [6.07, 6.45) is -4.53. The molecule has 0 aromatic rings. The predicted octanol–water partition coefficient (Wildman–Crippen LogP) is -8.50. The number of aliphatic hydroxyl groups excluding tert-OH is 2. The van der Waals surface area contributed by atoms with E-state index in [1.165, 1.54) is 0 Å². The van der Waals surface area contributed by atoms with Crippen molar-refractivity contribution >= 4 is 35.0 Å². The van der Waals surface area contributed by atoms with Crippen molar-refractivity contribution < 1.29 is 54.8 Å². The van der Waals surface area contributed by atoms with Gasteiger partial charge in [0.05, 0.1) is 0 Å². The molecule has 0 aliphatic carbocycles. The molecule has 0 aromatic heterocycles. The van der Waals surface area contributed by atoms with Gasteiger partial charge in [-0.15, -0.1) is 0 Å². The molecule has 0 saturated carbocycles. The number of aliphatic hydroxyl groups is 2. The molecule has 0 amide bonds. The summed E-state index contributed by atoms with van der Waals surface area (Å²) >= 11 is 0. The monoisotopic (exact) mass is 244 g/mol. The van der Waals surface area contributed by atoms with Crippen molar-refractivity contribution in [1.29, 1.82) is 0 Å². The zero-order chi connectivity index (χ0) is 8.31. The van der Waals surface area contributed by atoms with Crippen LogP contribution in [0.15, 0.2) is 0 Å². The van der Waals surface area contributed by atoms with Crippen LogP contribution in [-0.2, 0) is 9.59 Å². The Kier molecular flexibility index (Phi) is 18.4. The molecule has 0 saturated heterocycles. The van der Waals surface area contributed by atoms with E-state index in [9.17, 15) is 9.59 Å². The maximum absolute atomic E-state index is 9.77. The van der Waals surface area contributed by atoms with Crippen LogP contribution in [0.1, 0.15) is 0 Å². The number of carboxylic acid groups (broad SMARTS) is 2. The Morgan fingerprint density at radius 2 is 1.00 bits per heavy atom. The standard InChI is InChI=1S/C4H6O6.2ClH.Mg/c5-1(3(7)8)2(6)4(9)10;;;/h1-2,5-6H,(H,7,8)(H,9,10);2*1H;/q;;;+2/p-2. The molecule has 2 unspecified atom stereocenters. The summed E-state index contributed by atoms with van der Waals surface area (Å²) in [5, 5.41) is 32.5. The normalized spacial score (nSPS) is 12.2. The molecule has 2 atom stereocenters. The van der Waals surface area contributed by atoms with Gasteiger partial charge in [0.1, 0.15) is 0 Å². The van der Waals surface area contributed by atoms with Gasteiger partial charge in [-0.05, 0) is 0 Å². The minimum atomic E-state index is -2.27. The van der Waals surface area contributed by atoms with Gasteiger partial charge in [-0.1, -0.05) is 0 Å². The van der Waals surface area contributed by atoms with Crippen LogP contribution >= 0.6 is 0 Å². The Bertz CT molecular complexity index is 147. The van der Waals surface area contributed by atoms with Crippen LogP contribution in [0.25, 0.3) is 0 Å². The van der Waals surface area contributed by atoms with E-state index in [0.717, 1.165) is 0 Å². The first-order chi connectivity index (χ1) is 4.46. The molecule has 0 bridgehead atoms. The van der Waals surface area contributed by atoms with Crippen LogP contribution in [0.2, 0.25) is 0 Å². The molecule has 0 aliphatic heterocycles. The SMILES string of the molecule is O=C(O)C(O)C(O)C(=O)O.[Cl-].[Cl-].[Mg+2]. The smallest absolute Gasteiger partial charge is 1.00 e. The third-order valence-corrected chi connectivity index (χ3v) is 0.805. The molecule has 0 spiro atoms. The molecule has 0 aromatic carbocycles. The average molecular weight is 245 g/mol. The maximum Gasteiger partial charge on any atom is 2.00 e. The molecular weight excluding hydrogens is 239 g/mol. The molecule has 0 aliphatic rings. The molecule has 9 heteroatoms. The Balaban J connectivity index is -0.000000135. The number of carboxylic acids is 2. The van der Waals surface area contributed by atoms with Crippen molar-refractivity contribution in [3.63, 3.8) is 0 Å². The molecular formula is C4H6Cl2MgO6. The predicted molar refractivity (Wildman–Crippen MR) is 33.0 cm³/mol. The summed E-state index contributed by atoms with van der Waals surface area (Å²) in [7, 11) is 0. The summed E-state index contributed by atoms with van der Waals surface area (Å²) in [5.41, 5.74) is 0. The second kappa shape index (κ2) is 10.3. The number of hydrogen-bond donors (Lipinski definition) is 4. The van der Waals surface area contributed by atoms with Gasteiger partial charge in [-0.25, -0.2) is 9.59 Å². The molecule has 0 radical (unpaired) electrons. The fourth-order valence-corrected chi connectivity index (χ4v) is 0.270. The third kappa shape index (κ3) is 8.53. The molecule has 13 heavy (non-hydrogen) atoms. The van der Waals surface area contributed by atoms with Crippen LogP contribution < -0.4 is 24.8 Å². The number of carbonyl (C=O) groups is 2. The van der Waals surface area contributed by atoms with E-state index in [2.05, 4.69) is 0 Å². The summed E-state index contributed by atoms with van der Waals surface area (Å²) in [4.78, 5) is 19.5. The van der Waals surface area contributed by atoms with Crippen LogP contribution in [0, 0.1) is 0 Å². The van der Waals surface area contributed by atoms with Crippen LogP contribution in [0.5, 0.6) is 0 Å². The van der Waals surface area contributed by atoms with E-state index in [1.807, 2.05) is 0 Å². The zero-order valence-corrected chi connectivity index (χ0v) is 9.15. The van der Waals surface area contributed by atoms with Gasteiger partial charge < -0.3 is 45.2 Å². The van der Waals surface area contributed by atoms with Gasteiger partial charge in [-0.2, -0.15) is 0 Å². The Morgan fingerprint density at radius 3 is 1.08 bits per heavy atom. The summed E-state index contributed by atoms with van der Waals surface area (Å²) in [6.45, 7) is 0. The van der Waals surface area contributed by atoms with E-state index >= 15 is 0 Å². The van der Waals surface area contributed by atoms with Crippen molar-refractivity contribution in [3.8, 4) is 0 Å². The van der Waals surface area contributed by atoms with Gasteiger partial charge in [-0.3, -0.25) is 0 Å². The van der Waals surface area contributed by atoms with Gasteiger partial charge in [0.15, 0.2) is 12.2 Å². The summed E-state index contributed by atoms with van der Waals surface area (Å²) < 4.78 is 0. The first kappa shape index (κ1) is 23.2. The van der Waals surface area contributed by atoms with Gasteiger partial charge in [0, 0.05) is 0 Å². The topological polar surface area (TPSA) is 115 Å². The van der Waals surface area contributed by atoms with Crippen LogP contribution in [0.3, 0.4) is 0 Å². The summed E-state index contributed by atoms with van der Waals surface area (Å²) in [5.74, 6) is -3.54. The van der Waals surface area contributed by atoms with E-state index in [4.69, 9.17) is 20.4 Å². The van der Waals surface area contributed by atoms with E-state index < -0.39 is 24.1 Å². The maximum atomic E-state index is 9.77. The second-order valence-electron chi connectivity index (χ2n) is 1.57. The van der Waals surface area contributed by atoms with Crippen molar-refractivity contribution in [2.45, 2.75) is 12.2 Å². The minimum Gasteiger partial charge on any atom is -1.00 e. The first-order valence-electron chi connectivity index (χ1n) is 2.28. The largest absolute Gasteiger partial charge is 2.00 e. The van der Waals surface area contributed by atoms with E-state index in [-0.39, 0.29) is 47.9 Å². The fourth-order valence-electron chi connectivity index (χ4n) is 0.270. The number of halogens is 2. The Hall–Kier alpha value is 0.206. The molecule has 0 fully saturated rings. The molecule has 0 rings (SSSR count). The number of hydrogen-bond acceptors (Lipinski definition) is 4. The van der Waals surface area contributed by atoms with Crippen molar-refractivity contribution in [2.24, 2.45) is 0 Å².